The predicted octanol–water partition coefficient (Wildman–Crippen LogP) is 5.17. The number of rotatable bonds is 7. The van der Waals surface area contributed by atoms with Crippen LogP contribution < -0.4 is 20.7 Å². The fourth-order valence-electron chi connectivity index (χ4n) is 4.36. The summed E-state index contributed by atoms with van der Waals surface area (Å²) in [4.78, 5) is 12.5. The topological polar surface area (TPSA) is 113 Å². The third-order valence-corrected chi connectivity index (χ3v) is 6.26. The lowest BCUT2D eigenvalue weighted by Gasteiger charge is -2.13. The first-order valence-electron chi connectivity index (χ1n) is 12.1. The highest BCUT2D eigenvalue weighted by molar-refractivity contribution is 5.94. The summed E-state index contributed by atoms with van der Waals surface area (Å²) >= 11 is 0. The van der Waals surface area contributed by atoms with E-state index in [2.05, 4.69) is 39.3 Å². The number of amides is 2. The molecular formula is C27H28N6O3. The predicted molar refractivity (Wildman–Crippen MR) is 137 cm³/mol. The molecule has 2 aliphatic rings. The first kappa shape index (κ1) is 23.5. The number of hydrogen-bond acceptors (Lipinski definition) is 6. The number of carbonyl (C=O) groups is 1. The minimum Gasteiger partial charge on any atom is -0.458 e. The first-order valence-corrected chi connectivity index (χ1v) is 12.1. The van der Waals surface area contributed by atoms with Gasteiger partial charge in [0.15, 0.2) is 0 Å². The van der Waals surface area contributed by atoms with Crippen molar-refractivity contribution in [3.05, 3.63) is 71.8 Å². The number of hydrogen-bond donors (Lipinski definition) is 3. The van der Waals surface area contributed by atoms with E-state index in [1.54, 1.807) is 10.7 Å². The molecule has 9 nitrogen and oxygen atoms in total. The van der Waals surface area contributed by atoms with Crippen LogP contribution in [0.1, 0.15) is 36.8 Å². The molecule has 3 N–H and O–H groups in total. The van der Waals surface area contributed by atoms with Crippen molar-refractivity contribution in [2.24, 2.45) is 0 Å². The number of fused-ring (bicyclic) bond motifs is 1. The summed E-state index contributed by atoms with van der Waals surface area (Å²) in [6.07, 6.45) is 13.4. The standard InChI is InChI=1S/C27H28N6O3/c1-18-24(32-27(34)29-16-23-8-5-13-35-23)17-33-26(18)25(19(14-28)15-30-33)31-20-9-11-22(12-10-20)36-21-6-3-2-4-7-21/h3,6-7,9-12,15,17,23,31H,2,4-5,8,13,16H2,1H3,(H2,29,32,34). The summed E-state index contributed by atoms with van der Waals surface area (Å²) in [6, 6.07) is 9.46. The minimum absolute atomic E-state index is 0.0632. The van der Waals surface area contributed by atoms with Gasteiger partial charge in [-0.05, 0) is 69.0 Å². The highest BCUT2D eigenvalue weighted by atomic mass is 16.5. The average molecular weight is 485 g/mol. The second-order valence-electron chi connectivity index (χ2n) is 8.81. The van der Waals surface area contributed by atoms with E-state index in [1.165, 1.54) is 6.20 Å². The Morgan fingerprint density at radius 3 is 2.89 bits per heavy atom. The van der Waals surface area contributed by atoms with E-state index in [0.717, 1.165) is 55.0 Å². The van der Waals surface area contributed by atoms with E-state index >= 15 is 0 Å². The van der Waals surface area contributed by atoms with Crippen LogP contribution in [0.25, 0.3) is 5.52 Å². The number of anilines is 3. The van der Waals surface area contributed by atoms with Crippen LogP contribution in [0.5, 0.6) is 5.75 Å². The maximum atomic E-state index is 12.5. The molecule has 1 aliphatic carbocycles. The normalized spacial score (nSPS) is 16.9. The van der Waals surface area contributed by atoms with Gasteiger partial charge in [0.1, 0.15) is 17.6 Å². The van der Waals surface area contributed by atoms with Gasteiger partial charge in [0.05, 0.1) is 41.0 Å². The zero-order chi connectivity index (χ0) is 24.9. The number of aromatic nitrogens is 2. The Bertz CT molecular complexity index is 1360. The van der Waals surface area contributed by atoms with Crippen LogP contribution in [0.4, 0.5) is 21.9 Å². The van der Waals surface area contributed by atoms with Gasteiger partial charge in [-0.25, -0.2) is 9.31 Å². The molecule has 1 aromatic carbocycles. The van der Waals surface area contributed by atoms with Crippen LogP contribution in [0.2, 0.25) is 0 Å². The number of nitrogens with one attached hydrogen (secondary N) is 3. The third kappa shape index (κ3) is 5.19. The molecular weight excluding hydrogens is 456 g/mol. The van der Waals surface area contributed by atoms with Crippen molar-refractivity contribution in [2.75, 3.05) is 23.8 Å². The number of urea groups is 1. The molecule has 184 valence electrons. The molecule has 1 unspecified atom stereocenters. The van der Waals surface area contributed by atoms with Crippen LogP contribution >= 0.6 is 0 Å². The Labute approximate surface area is 209 Å². The Hall–Kier alpha value is -4.29. The average Bonchev–Trinajstić information content (AvgIpc) is 3.53. The molecule has 9 heteroatoms. The van der Waals surface area contributed by atoms with Gasteiger partial charge in [0, 0.05) is 24.4 Å². The van der Waals surface area contributed by atoms with Gasteiger partial charge in [0.2, 0.25) is 0 Å². The van der Waals surface area contributed by atoms with Crippen molar-refractivity contribution in [3.8, 4) is 11.8 Å². The molecule has 1 saturated heterocycles. The van der Waals surface area contributed by atoms with E-state index in [1.807, 2.05) is 37.3 Å². The Kier molecular flexibility index (Phi) is 6.87. The number of nitrogens with zero attached hydrogens (tertiary/aromatic N) is 3. The van der Waals surface area contributed by atoms with Crippen molar-refractivity contribution >= 4 is 28.6 Å². The van der Waals surface area contributed by atoms with E-state index in [9.17, 15) is 10.1 Å². The Morgan fingerprint density at radius 2 is 2.17 bits per heavy atom. The number of nitriles is 1. The van der Waals surface area contributed by atoms with Crippen molar-refractivity contribution in [1.29, 1.82) is 5.26 Å². The van der Waals surface area contributed by atoms with Crippen molar-refractivity contribution in [1.82, 2.24) is 14.9 Å². The Morgan fingerprint density at radius 1 is 1.31 bits per heavy atom. The lowest BCUT2D eigenvalue weighted by Crippen LogP contribution is -2.35. The van der Waals surface area contributed by atoms with Crippen LogP contribution in [0.3, 0.4) is 0 Å². The summed E-state index contributed by atoms with van der Waals surface area (Å²) in [5.74, 6) is 1.58. The number of aryl methyl sites for hydroxylation is 1. The second kappa shape index (κ2) is 10.5. The Balaban J connectivity index is 1.34. The van der Waals surface area contributed by atoms with Gasteiger partial charge < -0.3 is 25.4 Å². The van der Waals surface area contributed by atoms with Gasteiger partial charge in [-0.1, -0.05) is 6.08 Å². The maximum Gasteiger partial charge on any atom is 0.319 e. The van der Waals surface area contributed by atoms with Gasteiger partial charge in [0.25, 0.3) is 0 Å². The molecule has 0 radical (unpaired) electrons. The molecule has 1 aliphatic heterocycles. The SMILES string of the molecule is Cc1c(NC(=O)NCC2CCCO2)cn2ncc(C#N)c(Nc3ccc(OC4=CCCC=C4)cc3)c12. The minimum atomic E-state index is -0.307. The highest BCUT2D eigenvalue weighted by Crippen LogP contribution is 2.33. The summed E-state index contributed by atoms with van der Waals surface area (Å²) < 4.78 is 13.1. The molecule has 3 aromatic rings. The van der Waals surface area contributed by atoms with Gasteiger partial charge in [-0.15, -0.1) is 0 Å². The van der Waals surface area contributed by atoms with Crippen LogP contribution in [0, 0.1) is 18.3 Å². The summed E-state index contributed by atoms with van der Waals surface area (Å²) in [5.41, 5.74) is 3.93. The van der Waals surface area contributed by atoms with E-state index in [4.69, 9.17) is 9.47 Å². The lowest BCUT2D eigenvalue weighted by molar-refractivity contribution is 0.112. The molecule has 3 heterocycles. The molecule has 1 fully saturated rings. The molecule has 1 atom stereocenters. The highest BCUT2D eigenvalue weighted by Gasteiger charge is 2.19. The van der Waals surface area contributed by atoms with Gasteiger partial charge in [-0.2, -0.15) is 10.4 Å². The number of carbonyl (C=O) groups excluding carboxylic acids is 1. The summed E-state index contributed by atoms with van der Waals surface area (Å²) in [5, 5.41) is 23.2. The zero-order valence-electron chi connectivity index (χ0n) is 20.1. The maximum absolute atomic E-state index is 12.5. The van der Waals surface area contributed by atoms with E-state index in [0.29, 0.717) is 29.0 Å². The number of benzene rings is 1. The second-order valence-corrected chi connectivity index (χ2v) is 8.81. The molecule has 0 saturated carbocycles. The molecule has 2 aromatic heterocycles. The lowest BCUT2D eigenvalue weighted by atomic mass is 10.1. The fraction of sp³-hybridized carbons (Fsp3) is 0.296. The smallest absolute Gasteiger partial charge is 0.319 e. The van der Waals surface area contributed by atoms with Crippen molar-refractivity contribution in [3.63, 3.8) is 0 Å². The molecule has 36 heavy (non-hydrogen) atoms. The van der Waals surface area contributed by atoms with Crippen molar-refractivity contribution in [2.45, 2.75) is 38.7 Å². The molecule has 5 rings (SSSR count). The third-order valence-electron chi connectivity index (χ3n) is 6.26. The van der Waals surface area contributed by atoms with Crippen LogP contribution in [-0.4, -0.2) is 34.9 Å². The summed E-state index contributed by atoms with van der Waals surface area (Å²) in [6.45, 7) is 3.10. The van der Waals surface area contributed by atoms with Gasteiger partial charge >= 0.3 is 6.03 Å². The van der Waals surface area contributed by atoms with E-state index < -0.39 is 0 Å². The van der Waals surface area contributed by atoms with E-state index in [-0.39, 0.29) is 12.1 Å². The van der Waals surface area contributed by atoms with Crippen LogP contribution in [-0.2, 0) is 4.74 Å². The van der Waals surface area contributed by atoms with Crippen LogP contribution in [0.15, 0.2) is 60.6 Å². The summed E-state index contributed by atoms with van der Waals surface area (Å²) in [7, 11) is 0. The zero-order valence-corrected chi connectivity index (χ0v) is 20.1. The largest absolute Gasteiger partial charge is 0.458 e. The first-order chi connectivity index (χ1) is 17.6. The molecule has 2 amide bonds. The fourth-order valence-corrected chi connectivity index (χ4v) is 4.36. The monoisotopic (exact) mass is 484 g/mol. The van der Waals surface area contributed by atoms with Crippen molar-refractivity contribution < 1.29 is 14.3 Å². The number of ether oxygens (including phenoxy) is 2. The molecule has 0 bridgehead atoms. The number of allylic oxidation sites excluding steroid dienone is 3. The molecule has 0 spiro atoms. The quantitative estimate of drug-likeness (QED) is 0.426. The van der Waals surface area contributed by atoms with Gasteiger partial charge in [-0.3, -0.25) is 0 Å².